The van der Waals surface area contributed by atoms with Crippen LogP contribution in [0.1, 0.15) is 71.1 Å². The van der Waals surface area contributed by atoms with Gasteiger partial charge in [0.25, 0.3) is 0 Å². The summed E-state index contributed by atoms with van der Waals surface area (Å²) in [4.78, 5) is 0. The topological polar surface area (TPSA) is 0 Å². The lowest BCUT2D eigenvalue weighted by Gasteiger charge is -2.38. The largest absolute Gasteiger partial charge is 0.103 e. The van der Waals surface area contributed by atoms with Crippen molar-refractivity contribution in [1.82, 2.24) is 0 Å². The highest BCUT2D eigenvalue weighted by atomic mass is 14.7. The Bertz CT molecular complexity index is 512. The van der Waals surface area contributed by atoms with E-state index >= 15 is 0 Å². The summed E-state index contributed by atoms with van der Waals surface area (Å²) in [5, 5.41) is 0. The first kappa shape index (κ1) is 17.6. The molecule has 0 N–H and O–H groups in total. The van der Waals surface area contributed by atoms with Crippen LogP contribution in [-0.2, 0) is 0 Å². The summed E-state index contributed by atoms with van der Waals surface area (Å²) in [7, 11) is 0. The van der Waals surface area contributed by atoms with Gasteiger partial charge in [-0.05, 0) is 79.4 Å². The minimum atomic E-state index is 0.991. The smallest absolute Gasteiger partial charge is 0.0168 e. The van der Waals surface area contributed by atoms with E-state index in [2.05, 4.69) is 37.8 Å². The summed E-state index contributed by atoms with van der Waals surface area (Å²) < 4.78 is 0. The summed E-state index contributed by atoms with van der Waals surface area (Å²) in [6.45, 7) is 5.95. The fourth-order valence-corrected chi connectivity index (χ4v) is 7.29. The molecule has 0 spiro atoms. The van der Waals surface area contributed by atoms with E-state index in [0.29, 0.717) is 0 Å². The van der Waals surface area contributed by atoms with Crippen LogP contribution in [-0.4, -0.2) is 0 Å². The molecular formula is C25H38. The molecule has 0 nitrogen and oxygen atoms in total. The maximum atomic E-state index is 3.69. The molecule has 0 aromatic carbocycles. The molecule has 25 heavy (non-hydrogen) atoms. The van der Waals surface area contributed by atoms with Gasteiger partial charge >= 0.3 is 0 Å². The van der Waals surface area contributed by atoms with Crippen molar-refractivity contribution in [1.29, 1.82) is 0 Å². The Morgan fingerprint density at radius 1 is 0.840 bits per heavy atom. The summed E-state index contributed by atoms with van der Waals surface area (Å²) in [6.07, 6.45) is 26.2. The van der Waals surface area contributed by atoms with Crippen LogP contribution in [0.5, 0.6) is 0 Å². The Morgan fingerprint density at radius 2 is 1.56 bits per heavy atom. The molecule has 0 radical (unpaired) electrons. The molecule has 0 heteroatoms. The first-order valence-electron chi connectivity index (χ1n) is 11.3. The molecule has 0 aromatic rings. The highest BCUT2D eigenvalue weighted by Gasteiger charge is 2.64. The van der Waals surface area contributed by atoms with Gasteiger partial charge in [-0.25, -0.2) is 0 Å². The quantitative estimate of drug-likeness (QED) is 0.262. The maximum absolute atomic E-state index is 3.69. The second-order valence-electron chi connectivity index (χ2n) is 9.42. The van der Waals surface area contributed by atoms with Crippen LogP contribution in [0.4, 0.5) is 0 Å². The van der Waals surface area contributed by atoms with Crippen LogP contribution in [0, 0.1) is 47.3 Å². The Kier molecular flexibility index (Phi) is 5.53. The molecule has 4 bridgehead atoms. The average molecular weight is 339 g/mol. The third kappa shape index (κ3) is 3.19. The highest BCUT2D eigenvalue weighted by Crippen LogP contribution is 2.70. The fraction of sp³-hybridized carbons (Fsp3) is 0.760. The lowest BCUT2D eigenvalue weighted by atomic mass is 9.66. The van der Waals surface area contributed by atoms with Gasteiger partial charge in [-0.2, -0.15) is 0 Å². The van der Waals surface area contributed by atoms with Gasteiger partial charge in [0.05, 0.1) is 0 Å². The minimum absolute atomic E-state index is 0.991. The van der Waals surface area contributed by atoms with Gasteiger partial charge in [0.1, 0.15) is 0 Å². The van der Waals surface area contributed by atoms with E-state index in [1.807, 2.05) is 6.08 Å². The van der Waals surface area contributed by atoms with Crippen molar-refractivity contribution in [3.05, 3.63) is 37.0 Å². The van der Waals surface area contributed by atoms with Crippen molar-refractivity contribution in [3.63, 3.8) is 0 Å². The third-order valence-corrected chi connectivity index (χ3v) is 8.18. The normalized spacial score (nSPS) is 43.9. The van der Waals surface area contributed by atoms with Gasteiger partial charge in [0.15, 0.2) is 0 Å². The minimum Gasteiger partial charge on any atom is -0.103 e. The zero-order valence-electron chi connectivity index (χ0n) is 16.3. The molecule has 0 saturated heterocycles. The standard InChI is InChI=1S/C15H18.C10H20/c1-2-10-11(3-1)13-7-12(10)14-8-4-5-9(6-8)15(13)14;1-3-5-7-9-10-8-6-4-2/h1-2,4-5,8-15H,3,6-7H2;3H,1,4-10H2,2H3. The van der Waals surface area contributed by atoms with Crippen molar-refractivity contribution >= 4 is 0 Å². The predicted molar refractivity (Wildman–Crippen MR) is 108 cm³/mol. The second-order valence-corrected chi connectivity index (χ2v) is 9.42. The monoisotopic (exact) mass is 338 g/mol. The molecule has 0 aromatic heterocycles. The van der Waals surface area contributed by atoms with Crippen LogP contribution < -0.4 is 0 Å². The highest BCUT2D eigenvalue weighted by molar-refractivity contribution is 5.25. The molecule has 0 amide bonds. The van der Waals surface area contributed by atoms with E-state index in [1.54, 1.807) is 6.42 Å². The number of unbranched alkanes of at least 4 members (excludes halogenated alkanes) is 6. The molecule has 3 fully saturated rings. The van der Waals surface area contributed by atoms with Gasteiger partial charge in [-0.15, -0.1) is 6.58 Å². The lowest BCUT2D eigenvalue weighted by molar-refractivity contribution is 0.121. The van der Waals surface area contributed by atoms with Crippen molar-refractivity contribution in [2.24, 2.45) is 47.3 Å². The van der Waals surface area contributed by atoms with E-state index in [4.69, 9.17) is 0 Å². The molecule has 5 aliphatic carbocycles. The first-order valence-corrected chi connectivity index (χ1v) is 11.3. The molecule has 3 saturated carbocycles. The van der Waals surface area contributed by atoms with Crippen molar-refractivity contribution < 1.29 is 0 Å². The van der Waals surface area contributed by atoms with Crippen LogP contribution in [0.2, 0.25) is 0 Å². The molecular weight excluding hydrogens is 300 g/mol. The van der Waals surface area contributed by atoms with Gasteiger partial charge in [-0.3, -0.25) is 0 Å². The maximum Gasteiger partial charge on any atom is -0.0168 e. The number of rotatable bonds is 7. The molecule has 0 aliphatic heterocycles. The second kappa shape index (κ2) is 7.85. The molecule has 5 aliphatic rings. The summed E-state index contributed by atoms with van der Waals surface area (Å²) >= 11 is 0. The Morgan fingerprint density at radius 3 is 2.32 bits per heavy atom. The number of hydrogen-bond donors (Lipinski definition) is 0. The predicted octanol–water partition coefficient (Wildman–Crippen LogP) is 7.19. The number of fused-ring (bicyclic) bond motifs is 12. The van der Waals surface area contributed by atoms with E-state index in [0.717, 1.165) is 47.3 Å². The summed E-state index contributed by atoms with van der Waals surface area (Å²) in [5.74, 6) is 8.48. The van der Waals surface area contributed by atoms with Crippen LogP contribution in [0.15, 0.2) is 37.0 Å². The van der Waals surface area contributed by atoms with E-state index in [-0.39, 0.29) is 0 Å². The average Bonchev–Trinajstić information content (AvgIpc) is 3.40. The third-order valence-electron chi connectivity index (χ3n) is 8.18. The number of allylic oxidation sites excluding steroid dienone is 5. The Hall–Kier alpha value is -0.780. The molecule has 0 heterocycles. The van der Waals surface area contributed by atoms with Gasteiger partial charge < -0.3 is 0 Å². The van der Waals surface area contributed by atoms with Crippen molar-refractivity contribution in [2.45, 2.75) is 71.1 Å². The van der Waals surface area contributed by atoms with Crippen molar-refractivity contribution in [3.8, 4) is 0 Å². The van der Waals surface area contributed by atoms with Crippen LogP contribution >= 0.6 is 0 Å². The summed E-state index contributed by atoms with van der Waals surface area (Å²) in [6, 6.07) is 0. The van der Waals surface area contributed by atoms with Crippen LogP contribution in [0.3, 0.4) is 0 Å². The number of hydrogen-bond acceptors (Lipinski definition) is 0. The van der Waals surface area contributed by atoms with E-state index in [1.165, 1.54) is 57.8 Å². The van der Waals surface area contributed by atoms with Crippen LogP contribution in [0.25, 0.3) is 0 Å². The van der Waals surface area contributed by atoms with E-state index < -0.39 is 0 Å². The molecule has 138 valence electrons. The molecule has 5 rings (SSSR count). The fourth-order valence-electron chi connectivity index (χ4n) is 7.29. The first-order chi connectivity index (χ1) is 12.3. The lowest BCUT2D eigenvalue weighted by Crippen LogP contribution is -2.34. The van der Waals surface area contributed by atoms with Gasteiger partial charge in [-0.1, -0.05) is 69.4 Å². The zero-order chi connectivity index (χ0) is 17.2. The van der Waals surface area contributed by atoms with Gasteiger partial charge in [0.2, 0.25) is 0 Å². The van der Waals surface area contributed by atoms with Crippen molar-refractivity contribution in [2.75, 3.05) is 0 Å². The molecule has 8 unspecified atom stereocenters. The zero-order valence-corrected chi connectivity index (χ0v) is 16.3. The molecule has 8 atom stereocenters. The SMILES string of the molecule is C1=CC2C(C1)C1CC2C2C3C=CC(C3)C12.C=CCCCCCCCC. The Balaban J connectivity index is 0.000000140. The Labute approximate surface area is 155 Å². The summed E-state index contributed by atoms with van der Waals surface area (Å²) in [5.41, 5.74) is 0. The van der Waals surface area contributed by atoms with Gasteiger partial charge in [0, 0.05) is 0 Å². The van der Waals surface area contributed by atoms with E-state index in [9.17, 15) is 0 Å².